The summed E-state index contributed by atoms with van der Waals surface area (Å²) >= 11 is 3.49. The number of carbonyl (C=O) groups excluding carboxylic acids is 1. The van der Waals surface area contributed by atoms with Crippen molar-refractivity contribution in [1.82, 2.24) is 4.57 Å². The van der Waals surface area contributed by atoms with Crippen LogP contribution in [0.2, 0.25) is 0 Å². The molecule has 0 amide bonds. The maximum atomic E-state index is 12.3. The summed E-state index contributed by atoms with van der Waals surface area (Å²) in [5.41, 5.74) is 1.93. The molecule has 2 aromatic rings. The van der Waals surface area contributed by atoms with Crippen LogP contribution < -0.4 is 0 Å². The smallest absolute Gasteiger partial charge is 0.181 e. The van der Waals surface area contributed by atoms with Crippen molar-refractivity contribution in [3.63, 3.8) is 0 Å². The standard InChI is InChI=1S/C15H18BrNO/c1-9(2)15(18)14-7-11-5-6-12(16)8-13(11)17(14)10(3)4/h5-10H,1-4H3. The lowest BCUT2D eigenvalue weighted by Crippen LogP contribution is -2.15. The molecule has 3 heteroatoms. The molecule has 18 heavy (non-hydrogen) atoms. The zero-order valence-corrected chi connectivity index (χ0v) is 12.8. The second-order valence-electron chi connectivity index (χ2n) is 5.22. The van der Waals surface area contributed by atoms with Crippen LogP contribution in [0.3, 0.4) is 0 Å². The predicted octanol–water partition coefficient (Wildman–Crippen LogP) is 4.82. The third-order valence-electron chi connectivity index (χ3n) is 3.10. The Morgan fingerprint density at radius 1 is 1.17 bits per heavy atom. The molecule has 0 aliphatic heterocycles. The van der Waals surface area contributed by atoms with E-state index in [4.69, 9.17) is 0 Å². The number of aromatic nitrogens is 1. The van der Waals surface area contributed by atoms with Gasteiger partial charge in [0.1, 0.15) is 0 Å². The van der Waals surface area contributed by atoms with E-state index >= 15 is 0 Å². The fraction of sp³-hybridized carbons (Fsp3) is 0.400. The topological polar surface area (TPSA) is 22.0 Å². The van der Waals surface area contributed by atoms with E-state index in [0.717, 1.165) is 21.1 Å². The zero-order valence-electron chi connectivity index (χ0n) is 11.2. The quantitative estimate of drug-likeness (QED) is 0.745. The van der Waals surface area contributed by atoms with Gasteiger partial charge in [0.25, 0.3) is 0 Å². The summed E-state index contributed by atoms with van der Waals surface area (Å²) in [7, 11) is 0. The Hall–Kier alpha value is -1.09. The minimum absolute atomic E-state index is 0.0234. The highest BCUT2D eigenvalue weighted by Crippen LogP contribution is 2.28. The summed E-state index contributed by atoms with van der Waals surface area (Å²) in [6, 6.07) is 8.41. The van der Waals surface area contributed by atoms with E-state index in [1.165, 1.54) is 0 Å². The lowest BCUT2D eigenvalue weighted by molar-refractivity contribution is 0.0929. The number of halogens is 1. The van der Waals surface area contributed by atoms with Gasteiger partial charge in [0, 0.05) is 27.3 Å². The van der Waals surface area contributed by atoms with Crippen LogP contribution in [-0.4, -0.2) is 10.4 Å². The number of ketones is 1. The molecule has 0 aliphatic carbocycles. The largest absolute Gasteiger partial charge is 0.335 e. The van der Waals surface area contributed by atoms with Crippen LogP contribution in [0.25, 0.3) is 10.9 Å². The third-order valence-corrected chi connectivity index (χ3v) is 3.59. The van der Waals surface area contributed by atoms with Crippen molar-refractivity contribution in [2.45, 2.75) is 33.7 Å². The van der Waals surface area contributed by atoms with Gasteiger partial charge in [-0.25, -0.2) is 0 Å². The molecule has 0 fully saturated rings. The number of hydrogen-bond acceptors (Lipinski definition) is 1. The summed E-state index contributed by atoms with van der Waals surface area (Å²) < 4.78 is 3.17. The zero-order chi connectivity index (χ0) is 13.4. The van der Waals surface area contributed by atoms with Gasteiger partial charge in [-0.05, 0) is 32.0 Å². The monoisotopic (exact) mass is 307 g/mol. The fourth-order valence-electron chi connectivity index (χ4n) is 2.24. The summed E-state index contributed by atoms with van der Waals surface area (Å²) in [5.74, 6) is 0.228. The van der Waals surface area contributed by atoms with Gasteiger partial charge in [-0.15, -0.1) is 0 Å². The van der Waals surface area contributed by atoms with Gasteiger partial charge < -0.3 is 4.57 Å². The summed E-state index contributed by atoms with van der Waals surface area (Å²) in [5, 5.41) is 1.12. The van der Waals surface area contributed by atoms with Gasteiger partial charge >= 0.3 is 0 Å². The minimum Gasteiger partial charge on any atom is -0.335 e. The molecule has 2 rings (SSSR count). The molecule has 96 valence electrons. The number of rotatable bonds is 3. The number of carbonyl (C=O) groups is 1. The average Bonchev–Trinajstić information content (AvgIpc) is 2.65. The first kappa shape index (κ1) is 13.3. The molecule has 0 aliphatic rings. The first-order valence-electron chi connectivity index (χ1n) is 6.26. The number of benzene rings is 1. The molecule has 1 heterocycles. The molecule has 0 atom stereocenters. The Bertz CT molecular complexity index is 596. The number of fused-ring (bicyclic) bond motifs is 1. The minimum atomic E-state index is 0.0234. The van der Waals surface area contributed by atoms with Crippen molar-refractivity contribution < 1.29 is 4.79 Å². The van der Waals surface area contributed by atoms with E-state index in [-0.39, 0.29) is 17.7 Å². The van der Waals surface area contributed by atoms with Gasteiger partial charge in [0.15, 0.2) is 5.78 Å². The van der Waals surface area contributed by atoms with Crippen molar-refractivity contribution in [3.8, 4) is 0 Å². The van der Waals surface area contributed by atoms with Crippen LogP contribution in [0.15, 0.2) is 28.7 Å². The highest BCUT2D eigenvalue weighted by Gasteiger charge is 2.19. The van der Waals surface area contributed by atoms with Crippen molar-refractivity contribution in [1.29, 1.82) is 0 Å². The molecular weight excluding hydrogens is 290 g/mol. The van der Waals surface area contributed by atoms with Crippen LogP contribution in [0.1, 0.15) is 44.2 Å². The van der Waals surface area contributed by atoms with E-state index in [2.05, 4.69) is 46.5 Å². The predicted molar refractivity (Wildman–Crippen MR) is 79.2 cm³/mol. The van der Waals surface area contributed by atoms with Crippen LogP contribution >= 0.6 is 15.9 Å². The van der Waals surface area contributed by atoms with Crippen LogP contribution in [0.4, 0.5) is 0 Å². The Morgan fingerprint density at radius 3 is 2.39 bits per heavy atom. The lowest BCUT2D eigenvalue weighted by Gasteiger charge is -2.15. The van der Waals surface area contributed by atoms with Gasteiger partial charge in [-0.2, -0.15) is 0 Å². The van der Waals surface area contributed by atoms with Crippen LogP contribution in [0.5, 0.6) is 0 Å². The van der Waals surface area contributed by atoms with Crippen LogP contribution in [0, 0.1) is 5.92 Å². The molecule has 0 saturated carbocycles. The third kappa shape index (κ3) is 2.24. The molecule has 1 aromatic carbocycles. The molecule has 0 radical (unpaired) electrons. The maximum absolute atomic E-state index is 12.3. The van der Waals surface area contributed by atoms with Gasteiger partial charge in [-0.3, -0.25) is 4.79 Å². The first-order chi connectivity index (χ1) is 8.41. The van der Waals surface area contributed by atoms with Crippen LogP contribution in [-0.2, 0) is 0 Å². The summed E-state index contributed by atoms with van der Waals surface area (Å²) in [6.07, 6.45) is 0. The Kier molecular flexibility index (Phi) is 3.62. The molecule has 0 N–H and O–H groups in total. The fourth-order valence-corrected chi connectivity index (χ4v) is 2.59. The van der Waals surface area contributed by atoms with Crippen molar-refractivity contribution in [2.24, 2.45) is 5.92 Å². The second kappa shape index (κ2) is 4.88. The second-order valence-corrected chi connectivity index (χ2v) is 6.13. The molecule has 2 nitrogen and oxygen atoms in total. The summed E-state index contributed by atoms with van der Waals surface area (Å²) in [6.45, 7) is 8.11. The molecule has 1 aromatic heterocycles. The maximum Gasteiger partial charge on any atom is 0.181 e. The first-order valence-corrected chi connectivity index (χ1v) is 7.05. The Balaban J connectivity index is 2.73. The number of Topliss-reactive ketones (excluding diaryl/α,β-unsaturated/α-hetero) is 1. The van der Waals surface area contributed by atoms with Gasteiger partial charge in [0.05, 0.1) is 5.69 Å². The molecular formula is C15H18BrNO. The SMILES string of the molecule is CC(C)C(=O)c1cc2ccc(Br)cc2n1C(C)C. The lowest BCUT2D eigenvalue weighted by atomic mass is 10.1. The van der Waals surface area contributed by atoms with Gasteiger partial charge in [-0.1, -0.05) is 35.8 Å². The molecule has 0 unspecified atom stereocenters. The highest BCUT2D eigenvalue weighted by atomic mass is 79.9. The van der Waals surface area contributed by atoms with E-state index in [1.807, 2.05) is 26.0 Å². The van der Waals surface area contributed by atoms with E-state index in [1.54, 1.807) is 0 Å². The van der Waals surface area contributed by atoms with Crippen molar-refractivity contribution >= 4 is 32.6 Å². The number of hydrogen-bond donors (Lipinski definition) is 0. The average molecular weight is 308 g/mol. The van der Waals surface area contributed by atoms with Crippen molar-refractivity contribution in [2.75, 3.05) is 0 Å². The molecule has 0 spiro atoms. The van der Waals surface area contributed by atoms with E-state index in [0.29, 0.717) is 0 Å². The Labute approximate surface area is 116 Å². The summed E-state index contributed by atoms with van der Waals surface area (Å²) in [4.78, 5) is 12.3. The van der Waals surface area contributed by atoms with E-state index < -0.39 is 0 Å². The van der Waals surface area contributed by atoms with Gasteiger partial charge in [0.2, 0.25) is 0 Å². The number of nitrogens with zero attached hydrogens (tertiary/aromatic N) is 1. The highest BCUT2D eigenvalue weighted by molar-refractivity contribution is 9.10. The van der Waals surface area contributed by atoms with Crippen molar-refractivity contribution in [3.05, 3.63) is 34.4 Å². The normalized spacial score (nSPS) is 11.7. The van der Waals surface area contributed by atoms with E-state index in [9.17, 15) is 4.79 Å². The Morgan fingerprint density at radius 2 is 1.83 bits per heavy atom. The molecule has 0 bridgehead atoms. The molecule has 0 saturated heterocycles.